The SMILES string of the molecule is O=C(C[C@@H]1CCCCO1)C[C@@H]1CCCCO1. The van der Waals surface area contributed by atoms with Gasteiger partial charge >= 0.3 is 0 Å². The second-order valence-corrected chi connectivity index (χ2v) is 4.92. The first-order valence-corrected chi connectivity index (χ1v) is 6.59. The molecule has 0 aromatic rings. The molecule has 3 heteroatoms. The molecule has 2 saturated heterocycles. The fourth-order valence-corrected chi connectivity index (χ4v) is 2.53. The Morgan fingerprint density at radius 3 is 1.75 bits per heavy atom. The Balaban J connectivity index is 1.66. The second kappa shape index (κ2) is 6.36. The van der Waals surface area contributed by atoms with Crippen molar-refractivity contribution in [1.29, 1.82) is 0 Å². The molecular weight excluding hydrogens is 204 g/mol. The van der Waals surface area contributed by atoms with Gasteiger partial charge in [0.15, 0.2) is 0 Å². The molecular formula is C13H22O3. The van der Waals surface area contributed by atoms with Crippen LogP contribution in [0.15, 0.2) is 0 Å². The van der Waals surface area contributed by atoms with Crippen molar-refractivity contribution >= 4 is 5.78 Å². The Morgan fingerprint density at radius 1 is 0.875 bits per heavy atom. The molecule has 92 valence electrons. The van der Waals surface area contributed by atoms with E-state index in [9.17, 15) is 4.79 Å². The molecule has 3 nitrogen and oxygen atoms in total. The third kappa shape index (κ3) is 3.87. The lowest BCUT2D eigenvalue weighted by molar-refractivity contribution is -0.126. The first-order valence-electron chi connectivity index (χ1n) is 6.59. The minimum absolute atomic E-state index is 0.185. The van der Waals surface area contributed by atoms with E-state index in [-0.39, 0.29) is 12.2 Å². The molecule has 16 heavy (non-hydrogen) atoms. The summed E-state index contributed by atoms with van der Waals surface area (Å²) in [6, 6.07) is 0. The van der Waals surface area contributed by atoms with E-state index in [0.717, 1.165) is 38.9 Å². The predicted molar refractivity (Wildman–Crippen MR) is 61.4 cm³/mol. The van der Waals surface area contributed by atoms with E-state index >= 15 is 0 Å². The smallest absolute Gasteiger partial charge is 0.138 e. The van der Waals surface area contributed by atoms with Crippen molar-refractivity contribution in [3.8, 4) is 0 Å². The summed E-state index contributed by atoms with van der Waals surface area (Å²) in [6.07, 6.45) is 8.38. The average Bonchev–Trinajstić information content (AvgIpc) is 2.31. The van der Waals surface area contributed by atoms with Crippen LogP contribution >= 0.6 is 0 Å². The van der Waals surface area contributed by atoms with Gasteiger partial charge in [0.1, 0.15) is 5.78 Å². The Labute approximate surface area is 97.5 Å². The number of rotatable bonds is 4. The van der Waals surface area contributed by atoms with Gasteiger partial charge in [-0.1, -0.05) is 0 Å². The number of ether oxygens (including phenoxy) is 2. The largest absolute Gasteiger partial charge is 0.378 e. The van der Waals surface area contributed by atoms with Crippen LogP contribution in [-0.4, -0.2) is 31.2 Å². The zero-order chi connectivity index (χ0) is 11.2. The van der Waals surface area contributed by atoms with Gasteiger partial charge in [-0.3, -0.25) is 4.79 Å². The van der Waals surface area contributed by atoms with E-state index in [1.165, 1.54) is 12.8 Å². The summed E-state index contributed by atoms with van der Waals surface area (Å²) in [5, 5.41) is 0. The van der Waals surface area contributed by atoms with Crippen molar-refractivity contribution in [2.24, 2.45) is 0 Å². The van der Waals surface area contributed by atoms with Crippen molar-refractivity contribution in [3.05, 3.63) is 0 Å². The Kier molecular flexibility index (Phi) is 4.79. The maximum absolute atomic E-state index is 11.8. The van der Waals surface area contributed by atoms with E-state index in [4.69, 9.17) is 9.47 Å². The predicted octanol–water partition coefficient (Wildman–Crippen LogP) is 2.47. The molecule has 0 bridgehead atoms. The standard InChI is InChI=1S/C13H22O3/c14-11(9-12-5-1-3-7-15-12)10-13-6-2-4-8-16-13/h12-13H,1-10H2/t12-,13-/m0/s1. The molecule has 0 amide bonds. The fourth-order valence-electron chi connectivity index (χ4n) is 2.53. The lowest BCUT2D eigenvalue weighted by Gasteiger charge is -2.24. The van der Waals surface area contributed by atoms with Crippen molar-refractivity contribution in [2.75, 3.05) is 13.2 Å². The van der Waals surface area contributed by atoms with Crippen LogP contribution in [0.1, 0.15) is 51.4 Å². The van der Waals surface area contributed by atoms with E-state index in [0.29, 0.717) is 18.6 Å². The average molecular weight is 226 g/mol. The van der Waals surface area contributed by atoms with Gasteiger partial charge in [-0.2, -0.15) is 0 Å². The second-order valence-electron chi connectivity index (χ2n) is 4.92. The lowest BCUT2D eigenvalue weighted by Crippen LogP contribution is -2.26. The van der Waals surface area contributed by atoms with E-state index in [1.54, 1.807) is 0 Å². The number of carbonyl (C=O) groups is 1. The van der Waals surface area contributed by atoms with Crippen LogP contribution in [-0.2, 0) is 14.3 Å². The number of Topliss-reactive ketones (excluding diaryl/α,β-unsaturated/α-hetero) is 1. The summed E-state index contributed by atoms with van der Waals surface area (Å²) >= 11 is 0. The fraction of sp³-hybridized carbons (Fsp3) is 0.923. The molecule has 0 unspecified atom stereocenters. The topological polar surface area (TPSA) is 35.5 Å². The highest BCUT2D eigenvalue weighted by Crippen LogP contribution is 2.20. The zero-order valence-corrected chi connectivity index (χ0v) is 9.95. The molecule has 2 atom stereocenters. The molecule has 0 spiro atoms. The van der Waals surface area contributed by atoms with Crippen LogP contribution in [0, 0.1) is 0 Å². The quantitative estimate of drug-likeness (QED) is 0.738. The van der Waals surface area contributed by atoms with Crippen molar-refractivity contribution in [1.82, 2.24) is 0 Å². The Bertz CT molecular complexity index is 193. The van der Waals surface area contributed by atoms with E-state index < -0.39 is 0 Å². The minimum Gasteiger partial charge on any atom is -0.378 e. The van der Waals surface area contributed by atoms with Gasteiger partial charge in [-0.25, -0.2) is 0 Å². The summed E-state index contributed by atoms with van der Waals surface area (Å²) in [5.41, 5.74) is 0. The molecule has 0 aromatic heterocycles. The van der Waals surface area contributed by atoms with Gasteiger partial charge in [-0.05, 0) is 38.5 Å². The summed E-state index contributed by atoms with van der Waals surface area (Å²) in [4.78, 5) is 11.8. The normalized spacial score (nSPS) is 31.2. The number of hydrogen-bond acceptors (Lipinski definition) is 3. The summed E-state index contributed by atoms with van der Waals surface area (Å²) < 4.78 is 11.2. The van der Waals surface area contributed by atoms with Crippen molar-refractivity contribution < 1.29 is 14.3 Å². The van der Waals surface area contributed by atoms with Gasteiger partial charge in [0.25, 0.3) is 0 Å². The maximum atomic E-state index is 11.8. The minimum atomic E-state index is 0.185. The first kappa shape index (κ1) is 12.1. The van der Waals surface area contributed by atoms with Crippen LogP contribution in [0.5, 0.6) is 0 Å². The summed E-state index contributed by atoms with van der Waals surface area (Å²) in [7, 11) is 0. The molecule has 0 N–H and O–H groups in total. The third-order valence-electron chi connectivity index (χ3n) is 3.46. The molecule has 2 aliphatic heterocycles. The van der Waals surface area contributed by atoms with Gasteiger partial charge < -0.3 is 9.47 Å². The van der Waals surface area contributed by atoms with Gasteiger partial charge in [0.2, 0.25) is 0 Å². The highest BCUT2D eigenvalue weighted by molar-refractivity contribution is 5.79. The van der Waals surface area contributed by atoms with E-state index in [2.05, 4.69) is 0 Å². The summed E-state index contributed by atoms with van der Waals surface area (Å²) in [6.45, 7) is 1.66. The number of carbonyl (C=O) groups excluding carboxylic acids is 1. The molecule has 2 fully saturated rings. The van der Waals surface area contributed by atoms with Crippen LogP contribution in [0.3, 0.4) is 0 Å². The Hall–Kier alpha value is -0.410. The molecule has 0 aliphatic carbocycles. The van der Waals surface area contributed by atoms with Crippen LogP contribution in [0.2, 0.25) is 0 Å². The monoisotopic (exact) mass is 226 g/mol. The van der Waals surface area contributed by atoms with Gasteiger partial charge in [0.05, 0.1) is 12.2 Å². The Morgan fingerprint density at radius 2 is 1.38 bits per heavy atom. The highest BCUT2D eigenvalue weighted by Gasteiger charge is 2.21. The van der Waals surface area contributed by atoms with Crippen molar-refractivity contribution in [2.45, 2.75) is 63.6 Å². The number of ketones is 1. The highest BCUT2D eigenvalue weighted by atomic mass is 16.5. The van der Waals surface area contributed by atoms with Crippen LogP contribution in [0.25, 0.3) is 0 Å². The molecule has 2 heterocycles. The maximum Gasteiger partial charge on any atom is 0.138 e. The van der Waals surface area contributed by atoms with Gasteiger partial charge in [-0.15, -0.1) is 0 Å². The molecule has 0 saturated carbocycles. The van der Waals surface area contributed by atoms with Crippen molar-refractivity contribution in [3.63, 3.8) is 0 Å². The zero-order valence-electron chi connectivity index (χ0n) is 9.95. The number of hydrogen-bond donors (Lipinski definition) is 0. The van der Waals surface area contributed by atoms with E-state index in [1.807, 2.05) is 0 Å². The molecule has 0 radical (unpaired) electrons. The first-order chi connectivity index (χ1) is 7.84. The molecule has 0 aromatic carbocycles. The molecule has 2 rings (SSSR count). The third-order valence-corrected chi connectivity index (χ3v) is 3.46. The van der Waals surface area contributed by atoms with Crippen LogP contribution < -0.4 is 0 Å². The van der Waals surface area contributed by atoms with Gasteiger partial charge in [0, 0.05) is 26.1 Å². The van der Waals surface area contributed by atoms with Crippen LogP contribution in [0.4, 0.5) is 0 Å². The summed E-state index contributed by atoms with van der Waals surface area (Å²) in [5.74, 6) is 0.318. The lowest BCUT2D eigenvalue weighted by atomic mass is 9.98. The molecule has 2 aliphatic rings.